The van der Waals surface area contributed by atoms with Crippen molar-refractivity contribution in [2.45, 2.75) is 30.7 Å². The molecule has 0 aromatic heterocycles. The van der Waals surface area contributed by atoms with Crippen LogP contribution < -0.4 is 0 Å². The molecule has 7 nitrogen and oxygen atoms in total. The minimum atomic E-state index is -1.40. The number of methoxy groups -OCH3 is 1. The van der Waals surface area contributed by atoms with Crippen LogP contribution in [0.25, 0.3) is 0 Å². The molecule has 0 amide bonds. The lowest BCUT2D eigenvalue weighted by atomic mass is 9.99. The Hall–Kier alpha value is -0.730. The van der Waals surface area contributed by atoms with Crippen molar-refractivity contribution in [1.82, 2.24) is 0 Å². The number of rotatable bonds is 4. The van der Waals surface area contributed by atoms with E-state index in [9.17, 15) is 20.1 Å². The van der Waals surface area contributed by atoms with Crippen molar-refractivity contribution in [3.05, 3.63) is 0 Å². The summed E-state index contributed by atoms with van der Waals surface area (Å²) in [6, 6.07) is 0. The summed E-state index contributed by atoms with van der Waals surface area (Å²) in [6.45, 7) is -0.0103. The number of carbonyl (C=O) groups excluding carboxylic acids is 1. The molecule has 1 rings (SSSR count). The predicted molar refractivity (Wildman–Crippen MR) is 45.7 cm³/mol. The van der Waals surface area contributed by atoms with E-state index < -0.39 is 30.7 Å². The maximum Gasteiger partial charge on any atom is 0.293 e. The van der Waals surface area contributed by atoms with Crippen LogP contribution in [0.1, 0.15) is 0 Å². The van der Waals surface area contributed by atoms with Gasteiger partial charge in [-0.2, -0.15) is 0 Å². The molecule has 0 spiro atoms. The third kappa shape index (κ3) is 2.64. The molecule has 0 radical (unpaired) electrons. The monoisotopic (exact) mass is 222 g/mol. The largest absolute Gasteiger partial charge is 0.465 e. The normalized spacial score (nSPS) is 41.2. The van der Waals surface area contributed by atoms with E-state index in [4.69, 9.17) is 9.47 Å². The highest BCUT2D eigenvalue weighted by Crippen LogP contribution is 2.21. The van der Waals surface area contributed by atoms with E-state index in [1.54, 1.807) is 0 Å². The van der Waals surface area contributed by atoms with Gasteiger partial charge < -0.3 is 29.5 Å². The first-order valence-corrected chi connectivity index (χ1v) is 4.39. The van der Waals surface area contributed by atoms with Crippen molar-refractivity contribution in [2.24, 2.45) is 0 Å². The average Bonchev–Trinajstić information content (AvgIpc) is 2.25. The summed E-state index contributed by atoms with van der Waals surface area (Å²) in [5.74, 6) is 0. The van der Waals surface area contributed by atoms with Gasteiger partial charge in [0.2, 0.25) is 0 Å². The van der Waals surface area contributed by atoms with Gasteiger partial charge in [0.1, 0.15) is 31.0 Å². The van der Waals surface area contributed by atoms with Crippen molar-refractivity contribution in [3.63, 3.8) is 0 Å². The highest BCUT2D eigenvalue weighted by Gasteiger charge is 2.44. The number of hydrogen-bond acceptors (Lipinski definition) is 7. The zero-order chi connectivity index (χ0) is 11.4. The molecule has 0 unspecified atom stereocenters. The molecule has 1 aliphatic heterocycles. The second kappa shape index (κ2) is 5.38. The van der Waals surface area contributed by atoms with E-state index in [0.29, 0.717) is 0 Å². The Labute approximate surface area is 86.2 Å². The quantitative estimate of drug-likeness (QED) is 0.456. The van der Waals surface area contributed by atoms with Gasteiger partial charge in [0.25, 0.3) is 6.47 Å². The van der Waals surface area contributed by atoms with Crippen LogP contribution in [0.5, 0.6) is 0 Å². The molecule has 1 fully saturated rings. The molecule has 0 aliphatic carbocycles. The fourth-order valence-electron chi connectivity index (χ4n) is 1.38. The number of hydrogen-bond donors (Lipinski definition) is 3. The highest BCUT2D eigenvalue weighted by atomic mass is 16.7. The van der Waals surface area contributed by atoms with Crippen LogP contribution in [0.15, 0.2) is 0 Å². The zero-order valence-electron chi connectivity index (χ0n) is 8.15. The first kappa shape index (κ1) is 12.3. The Kier molecular flexibility index (Phi) is 4.43. The predicted octanol–water partition coefficient (Wildman–Crippen LogP) is -2.39. The smallest absolute Gasteiger partial charge is 0.293 e. The van der Waals surface area contributed by atoms with E-state index in [0.717, 1.165) is 0 Å². The van der Waals surface area contributed by atoms with Crippen LogP contribution in [0.4, 0.5) is 0 Å². The topological polar surface area (TPSA) is 105 Å². The van der Waals surface area contributed by atoms with Crippen LogP contribution in [0, 0.1) is 0 Å². The molecule has 0 aromatic rings. The maximum atomic E-state index is 9.95. The van der Waals surface area contributed by atoms with Gasteiger partial charge in [0.15, 0.2) is 6.29 Å². The lowest BCUT2D eigenvalue weighted by molar-refractivity contribution is -0.294. The Morgan fingerprint density at radius 2 is 1.93 bits per heavy atom. The van der Waals surface area contributed by atoms with Crippen LogP contribution >= 0.6 is 0 Å². The fraction of sp³-hybridized carbons (Fsp3) is 0.875. The van der Waals surface area contributed by atoms with Gasteiger partial charge in [-0.15, -0.1) is 0 Å². The van der Waals surface area contributed by atoms with E-state index in [-0.39, 0.29) is 13.1 Å². The Morgan fingerprint density at radius 1 is 1.27 bits per heavy atom. The first-order valence-electron chi connectivity index (χ1n) is 4.39. The first-order chi connectivity index (χ1) is 7.11. The van der Waals surface area contributed by atoms with E-state index in [1.165, 1.54) is 7.11 Å². The molecule has 1 heterocycles. The Balaban J connectivity index is 2.60. The van der Waals surface area contributed by atoms with Crippen molar-refractivity contribution in [3.8, 4) is 0 Å². The third-order valence-corrected chi connectivity index (χ3v) is 2.23. The average molecular weight is 222 g/mol. The van der Waals surface area contributed by atoms with E-state index in [1.807, 2.05) is 0 Å². The highest BCUT2D eigenvalue weighted by molar-refractivity contribution is 5.36. The minimum absolute atomic E-state index is 0.204. The van der Waals surface area contributed by atoms with Gasteiger partial charge in [0.05, 0.1) is 0 Å². The summed E-state index contributed by atoms with van der Waals surface area (Å²) >= 11 is 0. The van der Waals surface area contributed by atoms with Gasteiger partial charge in [0, 0.05) is 7.11 Å². The fourth-order valence-corrected chi connectivity index (χ4v) is 1.38. The summed E-state index contributed by atoms with van der Waals surface area (Å²) in [6.07, 6.45) is -6.03. The SMILES string of the molecule is CO[C@H]1O[C@H](COC=O)[C@@H](O)[C@H](O)[C@H]1O. The molecule has 3 N–H and O–H groups in total. The summed E-state index contributed by atoms with van der Waals surface area (Å²) in [5.41, 5.74) is 0. The summed E-state index contributed by atoms with van der Waals surface area (Å²) in [7, 11) is 1.29. The summed E-state index contributed by atoms with van der Waals surface area (Å²) in [4.78, 5) is 9.95. The zero-order valence-corrected chi connectivity index (χ0v) is 8.15. The number of aliphatic hydroxyl groups is 3. The minimum Gasteiger partial charge on any atom is -0.465 e. The van der Waals surface area contributed by atoms with Crippen molar-refractivity contribution < 1.29 is 34.3 Å². The molecule has 0 bridgehead atoms. The van der Waals surface area contributed by atoms with Gasteiger partial charge in [-0.25, -0.2) is 0 Å². The van der Waals surface area contributed by atoms with Crippen LogP contribution in [0.2, 0.25) is 0 Å². The number of ether oxygens (including phenoxy) is 3. The van der Waals surface area contributed by atoms with Crippen LogP contribution in [-0.4, -0.2) is 66.2 Å². The number of aliphatic hydroxyl groups excluding tert-OH is 3. The molecule has 15 heavy (non-hydrogen) atoms. The lowest BCUT2D eigenvalue weighted by Gasteiger charge is -2.39. The second-order valence-corrected chi connectivity index (χ2v) is 3.18. The molecule has 0 aromatic carbocycles. The molecule has 7 heteroatoms. The molecule has 0 saturated carbocycles. The van der Waals surface area contributed by atoms with E-state index >= 15 is 0 Å². The molecule has 88 valence electrons. The molecule has 5 atom stereocenters. The van der Waals surface area contributed by atoms with Gasteiger partial charge in [-0.05, 0) is 0 Å². The van der Waals surface area contributed by atoms with Crippen molar-refractivity contribution in [1.29, 1.82) is 0 Å². The summed E-state index contributed by atoms with van der Waals surface area (Å²) in [5, 5.41) is 28.3. The Bertz CT molecular complexity index is 207. The van der Waals surface area contributed by atoms with Crippen molar-refractivity contribution in [2.75, 3.05) is 13.7 Å². The molecular formula is C8H14O7. The molecular weight excluding hydrogens is 208 g/mol. The third-order valence-electron chi connectivity index (χ3n) is 2.23. The molecule has 1 saturated heterocycles. The second-order valence-electron chi connectivity index (χ2n) is 3.18. The molecule has 1 aliphatic rings. The maximum absolute atomic E-state index is 9.95. The number of carbonyl (C=O) groups is 1. The van der Waals surface area contributed by atoms with Gasteiger partial charge in [-0.3, -0.25) is 4.79 Å². The van der Waals surface area contributed by atoms with Crippen molar-refractivity contribution >= 4 is 6.47 Å². The summed E-state index contributed by atoms with van der Waals surface area (Å²) < 4.78 is 14.2. The van der Waals surface area contributed by atoms with Gasteiger partial charge >= 0.3 is 0 Å². The van der Waals surface area contributed by atoms with Crippen LogP contribution in [0.3, 0.4) is 0 Å². The van der Waals surface area contributed by atoms with Crippen LogP contribution in [-0.2, 0) is 19.0 Å². The van der Waals surface area contributed by atoms with E-state index in [2.05, 4.69) is 4.74 Å². The standard InChI is InChI=1S/C8H14O7/c1-13-8-7(12)6(11)5(10)4(15-8)2-14-3-9/h3-8,10-12H,2H2,1H3/t4-,5-,6+,7-,8+/m1/s1. The van der Waals surface area contributed by atoms with Gasteiger partial charge in [-0.1, -0.05) is 0 Å². The Morgan fingerprint density at radius 3 is 2.47 bits per heavy atom. The lowest BCUT2D eigenvalue weighted by Crippen LogP contribution is -2.59.